The molecule has 0 aliphatic heterocycles. The van der Waals surface area contributed by atoms with Crippen LogP contribution in [0.15, 0.2) is 83.3 Å². The summed E-state index contributed by atoms with van der Waals surface area (Å²) in [4.78, 5) is 4.09. The zero-order valence-electron chi connectivity index (χ0n) is 20.5. The molecule has 0 aliphatic rings. The van der Waals surface area contributed by atoms with Gasteiger partial charge in [0.05, 0.1) is 21.9 Å². The van der Waals surface area contributed by atoms with E-state index < -0.39 is 10.1 Å². The molecule has 0 spiro atoms. The van der Waals surface area contributed by atoms with Gasteiger partial charge in [0.1, 0.15) is 12.3 Å². The van der Waals surface area contributed by atoms with E-state index in [0.29, 0.717) is 6.54 Å². The average molecular weight is 494 g/mol. The molecule has 9 heteroatoms. The van der Waals surface area contributed by atoms with Crippen molar-refractivity contribution in [1.29, 1.82) is 0 Å². The number of aromatic nitrogens is 1. The molecule has 0 unspecified atom stereocenters. The Labute approximate surface area is 207 Å². The van der Waals surface area contributed by atoms with E-state index in [0.717, 1.165) is 33.8 Å². The first-order chi connectivity index (χ1) is 16.6. The summed E-state index contributed by atoms with van der Waals surface area (Å²) in [5.74, 6) is -0.384. The monoisotopic (exact) mass is 493 g/mol. The largest absolute Gasteiger partial charge is 0.748 e. The van der Waals surface area contributed by atoms with Crippen molar-refractivity contribution in [1.82, 2.24) is 0 Å². The van der Waals surface area contributed by atoms with Crippen LogP contribution in [-0.2, 0) is 16.7 Å². The molecule has 184 valence electrons. The minimum Gasteiger partial charge on any atom is -0.748 e. The fraction of sp³-hybridized carbons (Fsp3) is 0.269. The molecule has 0 N–H and O–H groups in total. The molecule has 1 heterocycles. The third kappa shape index (κ3) is 8.01. The maximum Gasteiger partial charge on any atom is 0.177 e. The van der Waals surface area contributed by atoms with Gasteiger partial charge in [-0.2, -0.15) is 5.10 Å². The van der Waals surface area contributed by atoms with Gasteiger partial charge in [-0.1, -0.05) is 24.3 Å². The lowest BCUT2D eigenvalue weighted by atomic mass is 10.0. The quantitative estimate of drug-likeness (QED) is 0.187. The van der Waals surface area contributed by atoms with E-state index in [2.05, 4.69) is 10.2 Å². The Kier molecular flexibility index (Phi) is 8.73. The number of aryl methyl sites for hydroxylation is 1. The summed E-state index contributed by atoms with van der Waals surface area (Å²) < 4.78 is 34.3. The number of anilines is 2. The van der Waals surface area contributed by atoms with Gasteiger partial charge in [0, 0.05) is 68.9 Å². The van der Waals surface area contributed by atoms with E-state index in [1.165, 1.54) is 0 Å². The van der Waals surface area contributed by atoms with Crippen molar-refractivity contribution < 1.29 is 17.5 Å². The molecule has 35 heavy (non-hydrogen) atoms. The zero-order chi connectivity index (χ0) is 25.4. The minimum absolute atomic E-state index is 0.255. The molecule has 3 aromatic rings. The lowest BCUT2D eigenvalue weighted by molar-refractivity contribution is -0.696. The molecule has 0 saturated carbocycles. The van der Waals surface area contributed by atoms with Crippen LogP contribution in [0.25, 0.3) is 0 Å². The summed E-state index contributed by atoms with van der Waals surface area (Å²) in [6, 6.07) is 20.0. The standard InChI is InChI=1S/C26H31N5O3S/c1-29(2)24-12-8-22(9-13-24)26(23-10-14-25(15-11-23)30(3)4)28-27-19-21-7-5-16-31(20-21)17-6-18-35(32,33)34/h5,7-16,19-20H,6,17-18H2,1-4H3/b27-19+. The van der Waals surface area contributed by atoms with E-state index in [9.17, 15) is 13.0 Å². The number of hydrogen-bond acceptors (Lipinski definition) is 7. The van der Waals surface area contributed by atoms with Crippen LogP contribution >= 0.6 is 0 Å². The zero-order valence-corrected chi connectivity index (χ0v) is 21.3. The van der Waals surface area contributed by atoms with Crippen molar-refractivity contribution in [3.05, 3.63) is 89.7 Å². The van der Waals surface area contributed by atoms with Gasteiger partial charge in [-0.05, 0) is 30.3 Å². The first-order valence-electron chi connectivity index (χ1n) is 11.2. The van der Waals surface area contributed by atoms with E-state index in [-0.39, 0.29) is 12.2 Å². The summed E-state index contributed by atoms with van der Waals surface area (Å²) in [5, 5.41) is 8.91. The Morgan fingerprint density at radius 1 is 0.914 bits per heavy atom. The number of pyridine rings is 1. The molecule has 0 aliphatic carbocycles. The van der Waals surface area contributed by atoms with Crippen molar-refractivity contribution in [3.8, 4) is 0 Å². The van der Waals surface area contributed by atoms with Gasteiger partial charge >= 0.3 is 0 Å². The Morgan fingerprint density at radius 3 is 1.94 bits per heavy atom. The average Bonchev–Trinajstić information content (AvgIpc) is 2.81. The Hall–Kier alpha value is -3.56. The van der Waals surface area contributed by atoms with Gasteiger partial charge in [-0.15, -0.1) is 5.10 Å². The molecule has 8 nitrogen and oxygen atoms in total. The third-order valence-electron chi connectivity index (χ3n) is 5.37. The SMILES string of the molecule is CN(C)c1ccc(C(=N/N=C/c2ccc[n+](CCCS(=O)(=O)[O-])c2)c2ccc(N(C)C)cc2)cc1. The molecule has 2 aromatic carbocycles. The lowest BCUT2D eigenvalue weighted by Gasteiger charge is -2.15. The molecule has 0 fully saturated rings. The molecular formula is C26H31N5O3S. The fourth-order valence-electron chi connectivity index (χ4n) is 3.45. The Bertz CT molecular complexity index is 1230. The smallest absolute Gasteiger partial charge is 0.177 e. The predicted octanol–water partition coefficient (Wildman–Crippen LogP) is 2.91. The number of nitrogens with zero attached hydrogens (tertiary/aromatic N) is 5. The molecular weight excluding hydrogens is 462 g/mol. The number of hydrogen-bond donors (Lipinski definition) is 0. The second kappa shape index (κ2) is 11.7. The van der Waals surface area contributed by atoms with Gasteiger partial charge in [0.15, 0.2) is 12.4 Å². The number of rotatable bonds is 10. The van der Waals surface area contributed by atoms with Gasteiger partial charge in [-0.3, -0.25) is 0 Å². The molecule has 0 atom stereocenters. The van der Waals surface area contributed by atoms with Crippen LogP contribution in [-0.4, -0.2) is 58.8 Å². The molecule has 3 rings (SSSR count). The van der Waals surface area contributed by atoms with Crippen LogP contribution < -0.4 is 14.4 Å². The first-order valence-corrected chi connectivity index (χ1v) is 12.8. The summed E-state index contributed by atoms with van der Waals surface area (Å²) in [6.45, 7) is 0.425. The van der Waals surface area contributed by atoms with Crippen LogP contribution in [0.2, 0.25) is 0 Å². The lowest BCUT2D eigenvalue weighted by Crippen LogP contribution is -2.34. The summed E-state index contributed by atoms with van der Waals surface area (Å²) in [5.41, 5.74) is 5.66. The maximum atomic E-state index is 10.8. The van der Waals surface area contributed by atoms with Gasteiger partial charge in [0.25, 0.3) is 0 Å². The van der Waals surface area contributed by atoms with Crippen LogP contribution in [0.4, 0.5) is 11.4 Å². The van der Waals surface area contributed by atoms with Crippen LogP contribution in [0.3, 0.4) is 0 Å². The Balaban J connectivity index is 1.87. The summed E-state index contributed by atoms with van der Waals surface area (Å²) in [7, 11) is 3.79. The van der Waals surface area contributed by atoms with Gasteiger partial charge in [-0.25, -0.2) is 13.0 Å². The fourth-order valence-corrected chi connectivity index (χ4v) is 3.93. The highest BCUT2D eigenvalue weighted by Crippen LogP contribution is 2.19. The molecule has 0 bridgehead atoms. The van der Waals surface area contributed by atoms with Crippen molar-refractivity contribution in [2.45, 2.75) is 13.0 Å². The molecule has 0 saturated heterocycles. The molecule has 1 aromatic heterocycles. The molecule has 0 radical (unpaired) electrons. The third-order valence-corrected chi connectivity index (χ3v) is 6.16. The van der Waals surface area contributed by atoms with Gasteiger partial charge in [0.2, 0.25) is 0 Å². The highest BCUT2D eigenvalue weighted by molar-refractivity contribution is 7.85. The van der Waals surface area contributed by atoms with Crippen LogP contribution in [0.1, 0.15) is 23.1 Å². The predicted molar refractivity (Wildman–Crippen MR) is 141 cm³/mol. The second-order valence-corrected chi connectivity index (χ2v) is 10.1. The first kappa shape index (κ1) is 26.1. The molecule has 0 amide bonds. The van der Waals surface area contributed by atoms with Crippen molar-refractivity contribution >= 4 is 33.4 Å². The second-order valence-electron chi connectivity index (χ2n) is 8.57. The topological polar surface area (TPSA) is 92.3 Å². The maximum absolute atomic E-state index is 10.8. The van der Waals surface area contributed by atoms with Crippen molar-refractivity contribution in [3.63, 3.8) is 0 Å². The normalized spacial score (nSPS) is 11.5. The highest BCUT2D eigenvalue weighted by Gasteiger charge is 2.09. The number of benzene rings is 2. The summed E-state index contributed by atoms with van der Waals surface area (Å²) in [6.07, 6.45) is 5.57. The van der Waals surface area contributed by atoms with Crippen LogP contribution in [0.5, 0.6) is 0 Å². The van der Waals surface area contributed by atoms with Gasteiger partial charge < -0.3 is 14.4 Å². The van der Waals surface area contributed by atoms with E-state index >= 15 is 0 Å². The summed E-state index contributed by atoms with van der Waals surface area (Å²) >= 11 is 0. The van der Waals surface area contributed by atoms with E-state index in [4.69, 9.17) is 0 Å². The van der Waals surface area contributed by atoms with Crippen molar-refractivity contribution in [2.75, 3.05) is 43.7 Å². The van der Waals surface area contributed by atoms with Crippen LogP contribution in [0, 0.1) is 0 Å². The highest BCUT2D eigenvalue weighted by atomic mass is 32.2. The van der Waals surface area contributed by atoms with Crippen molar-refractivity contribution in [2.24, 2.45) is 10.2 Å². The minimum atomic E-state index is -4.21. The Morgan fingerprint density at radius 2 is 1.46 bits per heavy atom. The van der Waals surface area contributed by atoms with E-state index in [1.54, 1.807) is 6.21 Å². The van der Waals surface area contributed by atoms with E-state index in [1.807, 2.05) is 116 Å².